The number of nitrogens with zero attached hydrogens (tertiary/aromatic N) is 2. The van der Waals surface area contributed by atoms with Crippen LogP contribution in [0.4, 0.5) is 0 Å². The molecule has 0 fully saturated rings. The minimum absolute atomic E-state index is 0.448. The van der Waals surface area contributed by atoms with Crippen LogP contribution in [0, 0.1) is 0 Å². The Balaban J connectivity index is 2.16. The average molecular weight is 289 g/mol. The fourth-order valence-electron chi connectivity index (χ4n) is 2.11. The van der Waals surface area contributed by atoms with Gasteiger partial charge in [-0.25, -0.2) is 4.98 Å². The Kier molecular flexibility index (Phi) is 5.22. The molecule has 5 nitrogen and oxygen atoms in total. The highest BCUT2D eigenvalue weighted by Crippen LogP contribution is 2.25. The van der Waals surface area contributed by atoms with Crippen molar-refractivity contribution in [2.45, 2.75) is 33.0 Å². The fourth-order valence-corrected chi connectivity index (χ4v) is 2.11. The van der Waals surface area contributed by atoms with Gasteiger partial charge in [0, 0.05) is 30.4 Å². The molecule has 0 radical (unpaired) electrons. The van der Waals surface area contributed by atoms with Crippen molar-refractivity contribution in [2.75, 3.05) is 14.2 Å². The minimum Gasteiger partial charge on any atom is -0.497 e. The lowest BCUT2D eigenvalue weighted by atomic mass is 10.2. The summed E-state index contributed by atoms with van der Waals surface area (Å²) in [4.78, 5) is 4.24. The van der Waals surface area contributed by atoms with E-state index in [0.29, 0.717) is 6.04 Å². The van der Waals surface area contributed by atoms with Crippen LogP contribution in [0.15, 0.2) is 30.7 Å². The molecule has 2 rings (SSSR count). The molecule has 1 aromatic heterocycles. The number of benzene rings is 1. The summed E-state index contributed by atoms with van der Waals surface area (Å²) in [5.74, 6) is 1.62. The Hall–Kier alpha value is -2.01. The van der Waals surface area contributed by atoms with Crippen LogP contribution in [-0.2, 0) is 13.1 Å². The van der Waals surface area contributed by atoms with E-state index < -0.39 is 0 Å². The molecule has 1 heterocycles. The van der Waals surface area contributed by atoms with E-state index in [2.05, 4.69) is 28.7 Å². The van der Waals surface area contributed by atoms with Crippen LogP contribution in [0.25, 0.3) is 0 Å². The first-order valence-corrected chi connectivity index (χ1v) is 7.07. The zero-order valence-corrected chi connectivity index (χ0v) is 13.1. The molecule has 2 aromatic rings. The van der Waals surface area contributed by atoms with Crippen molar-refractivity contribution in [1.82, 2.24) is 14.9 Å². The SMILES string of the molecule is COc1ccc(Cn2cncc2CNC(C)C)c(OC)c1. The number of rotatable bonds is 7. The summed E-state index contributed by atoms with van der Waals surface area (Å²) in [6.07, 6.45) is 3.74. The van der Waals surface area contributed by atoms with Crippen LogP contribution in [0.1, 0.15) is 25.1 Å². The van der Waals surface area contributed by atoms with Crippen molar-refractivity contribution < 1.29 is 9.47 Å². The lowest BCUT2D eigenvalue weighted by Gasteiger charge is -2.14. The lowest BCUT2D eigenvalue weighted by molar-refractivity contribution is 0.390. The molecular formula is C16H23N3O2. The van der Waals surface area contributed by atoms with Crippen molar-refractivity contribution in [3.05, 3.63) is 42.0 Å². The van der Waals surface area contributed by atoms with E-state index in [4.69, 9.17) is 9.47 Å². The summed E-state index contributed by atoms with van der Waals surface area (Å²) >= 11 is 0. The molecule has 114 valence electrons. The smallest absolute Gasteiger partial charge is 0.127 e. The highest BCUT2D eigenvalue weighted by atomic mass is 16.5. The number of ether oxygens (including phenoxy) is 2. The molecule has 0 unspecified atom stereocenters. The maximum Gasteiger partial charge on any atom is 0.127 e. The van der Waals surface area contributed by atoms with E-state index in [9.17, 15) is 0 Å². The van der Waals surface area contributed by atoms with Gasteiger partial charge in [-0.3, -0.25) is 0 Å². The third-order valence-electron chi connectivity index (χ3n) is 3.32. The van der Waals surface area contributed by atoms with Gasteiger partial charge in [-0.1, -0.05) is 13.8 Å². The molecule has 0 bridgehead atoms. The first-order chi connectivity index (χ1) is 10.1. The normalized spacial score (nSPS) is 10.9. The van der Waals surface area contributed by atoms with Gasteiger partial charge in [0.15, 0.2) is 0 Å². The monoisotopic (exact) mass is 289 g/mol. The molecule has 1 aromatic carbocycles. The minimum atomic E-state index is 0.448. The van der Waals surface area contributed by atoms with Crippen molar-refractivity contribution >= 4 is 0 Å². The third kappa shape index (κ3) is 3.98. The Morgan fingerprint density at radius 3 is 2.71 bits per heavy atom. The van der Waals surface area contributed by atoms with Gasteiger partial charge in [-0.2, -0.15) is 0 Å². The number of imidazole rings is 1. The summed E-state index contributed by atoms with van der Waals surface area (Å²) in [5.41, 5.74) is 2.25. The maximum atomic E-state index is 5.45. The van der Waals surface area contributed by atoms with Crippen molar-refractivity contribution in [3.8, 4) is 11.5 Å². The molecule has 1 N–H and O–H groups in total. The molecule has 5 heteroatoms. The largest absolute Gasteiger partial charge is 0.497 e. The second-order valence-electron chi connectivity index (χ2n) is 5.23. The Bertz CT molecular complexity index is 579. The predicted molar refractivity (Wildman–Crippen MR) is 82.9 cm³/mol. The van der Waals surface area contributed by atoms with E-state index in [1.165, 1.54) is 0 Å². The van der Waals surface area contributed by atoms with Crippen molar-refractivity contribution in [1.29, 1.82) is 0 Å². The summed E-state index contributed by atoms with van der Waals surface area (Å²) in [6.45, 7) is 5.79. The predicted octanol–water partition coefficient (Wildman–Crippen LogP) is 2.45. The molecule has 0 saturated carbocycles. The van der Waals surface area contributed by atoms with Crippen LogP contribution in [0.2, 0.25) is 0 Å². The second kappa shape index (κ2) is 7.13. The lowest BCUT2D eigenvalue weighted by Crippen LogP contribution is -2.23. The maximum absolute atomic E-state index is 5.45. The van der Waals surface area contributed by atoms with Gasteiger partial charge in [0.1, 0.15) is 11.5 Å². The highest BCUT2D eigenvalue weighted by molar-refractivity contribution is 5.41. The Labute approximate surface area is 125 Å². The van der Waals surface area contributed by atoms with Gasteiger partial charge in [0.05, 0.1) is 32.8 Å². The first kappa shape index (κ1) is 15.4. The van der Waals surface area contributed by atoms with Gasteiger partial charge in [-0.05, 0) is 12.1 Å². The summed E-state index contributed by atoms with van der Waals surface area (Å²) in [7, 11) is 3.33. The summed E-state index contributed by atoms with van der Waals surface area (Å²) < 4.78 is 12.8. The standard InChI is InChI=1S/C16H23N3O2/c1-12(2)18-9-14-8-17-11-19(14)10-13-5-6-15(20-3)7-16(13)21-4/h5-8,11-12,18H,9-10H2,1-4H3. The van der Waals surface area contributed by atoms with E-state index in [1.54, 1.807) is 14.2 Å². The zero-order chi connectivity index (χ0) is 15.2. The van der Waals surface area contributed by atoms with E-state index >= 15 is 0 Å². The van der Waals surface area contributed by atoms with Gasteiger partial charge < -0.3 is 19.4 Å². The van der Waals surface area contributed by atoms with Crippen molar-refractivity contribution in [2.24, 2.45) is 0 Å². The molecule has 21 heavy (non-hydrogen) atoms. The number of methoxy groups -OCH3 is 2. The number of nitrogens with one attached hydrogen (secondary N) is 1. The van der Waals surface area contributed by atoms with E-state index in [1.807, 2.05) is 30.7 Å². The molecule has 0 aliphatic heterocycles. The quantitative estimate of drug-likeness (QED) is 0.850. The Morgan fingerprint density at radius 2 is 2.05 bits per heavy atom. The van der Waals surface area contributed by atoms with E-state index in [-0.39, 0.29) is 0 Å². The van der Waals surface area contributed by atoms with Gasteiger partial charge in [-0.15, -0.1) is 0 Å². The van der Waals surface area contributed by atoms with Crippen LogP contribution < -0.4 is 14.8 Å². The number of aromatic nitrogens is 2. The molecule has 0 atom stereocenters. The molecule has 0 spiro atoms. The number of hydrogen-bond acceptors (Lipinski definition) is 4. The van der Waals surface area contributed by atoms with Crippen LogP contribution >= 0.6 is 0 Å². The third-order valence-corrected chi connectivity index (χ3v) is 3.32. The summed E-state index contributed by atoms with van der Waals surface area (Å²) in [5, 5.41) is 3.41. The van der Waals surface area contributed by atoms with Gasteiger partial charge in [0.2, 0.25) is 0 Å². The van der Waals surface area contributed by atoms with Crippen LogP contribution in [-0.4, -0.2) is 29.8 Å². The molecular weight excluding hydrogens is 266 g/mol. The van der Waals surface area contributed by atoms with Gasteiger partial charge >= 0.3 is 0 Å². The average Bonchev–Trinajstić information content (AvgIpc) is 2.92. The fraction of sp³-hybridized carbons (Fsp3) is 0.438. The van der Waals surface area contributed by atoms with E-state index in [0.717, 1.165) is 35.8 Å². The summed E-state index contributed by atoms with van der Waals surface area (Å²) in [6, 6.07) is 6.32. The zero-order valence-electron chi connectivity index (χ0n) is 13.1. The van der Waals surface area contributed by atoms with Gasteiger partial charge in [0.25, 0.3) is 0 Å². The molecule has 0 saturated heterocycles. The molecule has 0 amide bonds. The number of hydrogen-bond donors (Lipinski definition) is 1. The van der Waals surface area contributed by atoms with Crippen LogP contribution in [0.3, 0.4) is 0 Å². The second-order valence-corrected chi connectivity index (χ2v) is 5.23. The Morgan fingerprint density at radius 1 is 1.24 bits per heavy atom. The van der Waals surface area contributed by atoms with Crippen LogP contribution in [0.5, 0.6) is 11.5 Å². The molecule has 0 aliphatic rings. The first-order valence-electron chi connectivity index (χ1n) is 7.07. The van der Waals surface area contributed by atoms with Crippen molar-refractivity contribution in [3.63, 3.8) is 0 Å². The molecule has 0 aliphatic carbocycles. The topological polar surface area (TPSA) is 48.3 Å². The highest BCUT2D eigenvalue weighted by Gasteiger charge is 2.09.